The van der Waals surface area contributed by atoms with E-state index in [9.17, 15) is 4.79 Å². The van der Waals surface area contributed by atoms with Gasteiger partial charge in [0.15, 0.2) is 0 Å². The molecule has 0 rings (SSSR count). The standard InChI is InChI=1S/C9H19N3O/c1-4-5-8(10)9(13)12(3)7-6-11-2/h4,8,11H,1,5-7,10H2,2-3H3. The lowest BCUT2D eigenvalue weighted by molar-refractivity contribution is -0.131. The number of likely N-dealkylation sites (N-methyl/N-ethyl adjacent to an activating group) is 2. The predicted molar refractivity (Wildman–Crippen MR) is 54.4 cm³/mol. The van der Waals surface area contributed by atoms with Crippen molar-refractivity contribution in [1.82, 2.24) is 10.2 Å². The summed E-state index contributed by atoms with van der Waals surface area (Å²) in [5, 5.41) is 2.97. The van der Waals surface area contributed by atoms with Crippen LogP contribution in [0.1, 0.15) is 6.42 Å². The third-order valence-electron chi connectivity index (χ3n) is 1.81. The summed E-state index contributed by atoms with van der Waals surface area (Å²) in [5.41, 5.74) is 5.62. The van der Waals surface area contributed by atoms with Gasteiger partial charge in [0, 0.05) is 20.1 Å². The average molecular weight is 185 g/mol. The molecule has 0 aliphatic heterocycles. The fourth-order valence-corrected chi connectivity index (χ4v) is 0.953. The van der Waals surface area contributed by atoms with Crippen LogP contribution in [0.25, 0.3) is 0 Å². The van der Waals surface area contributed by atoms with Gasteiger partial charge in [0.1, 0.15) is 0 Å². The van der Waals surface area contributed by atoms with Gasteiger partial charge in [-0.15, -0.1) is 6.58 Å². The molecule has 3 N–H and O–H groups in total. The molecule has 0 saturated heterocycles. The molecule has 0 aromatic carbocycles. The second-order valence-corrected chi connectivity index (χ2v) is 2.99. The topological polar surface area (TPSA) is 58.4 Å². The van der Waals surface area contributed by atoms with Crippen LogP contribution in [0.4, 0.5) is 0 Å². The minimum absolute atomic E-state index is 0.0323. The highest BCUT2D eigenvalue weighted by Crippen LogP contribution is 1.94. The average Bonchev–Trinajstić information content (AvgIpc) is 2.13. The zero-order valence-corrected chi connectivity index (χ0v) is 8.42. The third-order valence-corrected chi connectivity index (χ3v) is 1.81. The number of hydrogen-bond acceptors (Lipinski definition) is 3. The molecule has 1 unspecified atom stereocenters. The van der Waals surface area contributed by atoms with E-state index in [1.807, 2.05) is 7.05 Å². The molecule has 4 nitrogen and oxygen atoms in total. The van der Waals surface area contributed by atoms with Crippen molar-refractivity contribution in [2.75, 3.05) is 27.2 Å². The van der Waals surface area contributed by atoms with Crippen LogP contribution in [-0.4, -0.2) is 44.0 Å². The zero-order valence-electron chi connectivity index (χ0n) is 8.42. The maximum atomic E-state index is 11.5. The fourth-order valence-electron chi connectivity index (χ4n) is 0.953. The normalized spacial score (nSPS) is 12.2. The summed E-state index contributed by atoms with van der Waals surface area (Å²) in [4.78, 5) is 13.1. The van der Waals surface area contributed by atoms with E-state index in [4.69, 9.17) is 5.73 Å². The van der Waals surface area contributed by atoms with E-state index in [1.165, 1.54) is 0 Å². The van der Waals surface area contributed by atoms with E-state index < -0.39 is 6.04 Å². The van der Waals surface area contributed by atoms with Gasteiger partial charge in [-0.05, 0) is 13.5 Å². The SMILES string of the molecule is C=CCC(N)C(=O)N(C)CCNC. The van der Waals surface area contributed by atoms with Gasteiger partial charge < -0.3 is 16.0 Å². The van der Waals surface area contributed by atoms with Crippen LogP contribution in [0.15, 0.2) is 12.7 Å². The molecule has 0 aromatic rings. The molecule has 0 fully saturated rings. The first-order valence-electron chi connectivity index (χ1n) is 4.39. The molecule has 76 valence electrons. The van der Waals surface area contributed by atoms with Gasteiger partial charge in [0.2, 0.25) is 5.91 Å². The number of carbonyl (C=O) groups excluding carboxylic acids is 1. The molecule has 0 bridgehead atoms. The highest BCUT2D eigenvalue weighted by Gasteiger charge is 2.15. The van der Waals surface area contributed by atoms with E-state index in [0.717, 1.165) is 6.54 Å². The maximum Gasteiger partial charge on any atom is 0.239 e. The Morgan fingerprint density at radius 3 is 2.85 bits per heavy atom. The lowest BCUT2D eigenvalue weighted by Crippen LogP contribution is -2.43. The van der Waals surface area contributed by atoms with Crippen LogP contribution in [0.5, 0.6) is 0 Å². The molecular formula is C9H19N3O. The summed E-state index contributed by atoms with van der Waals surface area (Å²) in [6.07, 6.45) is 2.19. The van der Waals surface area contributed by atoms with Crippen molar-refractivity contribution in [3.05, 3.63) is 12.7 Å². The molecule has 0 aliphatic carbocycles. The van der Waals surface area contributed by atoms with Gasteiger partial charge in [0.25, 0.3) is 0 Å². The molecule has 1 amide bonds. The Morgan fingerprint density at radius 2 is 2.38 bits per heavy atom. The third kappa shape index (κ3) is 4.65. The molecule has 0 saturated carbocycles. The van der Waals surface area contributed by atoms with Crippen LogP contribution in [-0.2, 0) is 4.79 Å². The molecule has 0 heterocycles. The molecular weight excluding hydrogens is 166 g/mol. The van der Waals surface area contributed by atoms with Crippen molar-refractivity contribution in [3.63, 3.8) is 0 Å². The Labute approximate surface area is 79.8 Å². The van der Waals surface area contributed by atoms with E-state index in [1.54, 1.807) is 18.0 Å². The minimum atomic E-state index is -0.445. The molecule has 0 spiro atoms. The Balaban J connectivity index is 3.86. The summed E-state index contributed by atoms with van der Waals surface area (Å²) in [5.74, 6) is -0.0323. The number of nitrogens with two attached hydrogens (primary N) is 1. The largest absolute Gasteiger partial charge is 0.343 e. The quantitative estimate of drug-likeness (QED) is 0.552. The van der Waals surface area contributed by atoms with Gasteiger partial charge >= 0.3 is 0 Å². The monoisotopic (exact) mass is 185 g/mol. The number of nitrogens with zero attached hydrogens (tertiary/aromatic N) is 1. The van der Waals surface area contributed by atoms with Crippen LogP contribution >= 0.6 is 0 Å². The van der Waals surface area contributed by atoms with Crippen LogP contribution < -0.4 is 11.1 Å². The number of hydrogen-bond donors (Lipinski definition) is 2. The van der Waals surface area contributed by atoms with Gasteiger partial charge in [-0.2, -0.15) is 0 Å². The van der Waals surface area contributed by atoms with Crippen molar-refractivity contribution in [2.45, 2.75) is 12.5 Å². The Morgan fingerprint density at radius 1 is 1.77 bits per heavy atom. The summed E-state index contributed by atoms with van der Waals surface area (Å²) in [6, 6.07) is -0.445. The Hall–Kier alpha value is -0.870. The number of nitrogens with one attached hydrogen (secondary N) is 1. The van der Waals surface area contributed by atoms with Crippen LogP contribution in [0.2, 0.25) is 0 Å². The number of rotatable bonds is 6. The van der Waals surface area contributed by atoms with Gasteiger partial charge in [0.05, 0.1) is 6.04 Å². The van der Waals surface area contributed by atoms with Crippen molar-refractivity contribution < 1.29 is 4.79 Å². The smallest absolute Gasteiger partial charge is 0.239 e. The van der Waals surface area contributed by atoms with Gasteiger partial charge in [-0.1, -0.05) is 6.08 Å². The minimum Gasteiger partial charge on any atom is -0.343 e. The first kappa shape index (κ1) is 12.1. The van der Waals surface area contributed by atoms with Crippen molar-refractivity contribution >= 4 is 5.91 Å². The fraction of sp³-hybridized carbons (Fsp3) is 0.667. The van der Waals surface area contributed by atoms with Gasteiger partial charge in [-0.3, -0.25) is 4.79 Å². The van der Waals surface area contributed by atoms with Crippen LogP contribution in [0.3, 0.4) is 0 Å². The highest BCUT2D eigenvalue weighted by atomic mass is 16.2. The first-order chi connectivity index (χ1) is 6.13. The van der Waals surface area contributed by atoms with E-state index >= 15 is 0 Å². The molecule has 1 atom stereocenters. The number of amides is 1. The lowest BCUT2D eigenvalue weighted by Gasteiger charge is -2.20. The molecule has 4 heteroatoms. The molecule has 13 heavy (non-hydrogen) atoms. The second kappa shape index (κ2) is 6.62. The van der Waals surface area contributed by atoms with E-state index in [2.05, 4.69) is 11.9 Å². The molecule has 0 aromatic heterocycles. The van der Waals surface area contributed by atoms with Crippen molar-refractivity contribution in [2.24, 2.45) is 5.73 Å². The predicted octanol–water partition coefficient (Wildman–Crippen LogP) is -0.432. The highest BCUT2D eigenvalue weighted by molar-refractivity contribution is 5.81. The Bertz CT molecular complexity index is 170. The summed E-state index contributed by atoms with van der Waals surface area (Å²) in [6.45, 7) is 5.00. The molecule has 0 aliphatic rings. The summed E-state index contributed by atoms with van der Waals surface area (Å²) >= 11 is 0. The van der Waals surface area contributed by atoms with Gasteiger partial charge in [-0.25, -0.2) is 0 Å². The maximum absolute atomic E-state index is 11.5. The van der Waals surface area contributed by atoms with Crippen molar-refractivity contribution in [1.29, 1.82) is 0 Å². The lowest BCUT2D eigenvalue weighted by atomic mass is 10.2. The summed E-state index contributed by atoms with van der Waals surface area (Å²) < 4.78 is 0. The van der Waals surface area contributed by atoms with Crippen molar-refractivity contribution in [3.8, 4) is 0 Å². The summed E-state index contributed by atoms with van der Waals surface area (Å²) in [7, 11) is 3.60. The Kier molecular flexibility index (Phi) is 6.18. The zero-order chi connectivity index (χ0) is 10.3. The van der Waals surface area contributed by atoms with E-state index in [-0.39, 0.29) is 5.91 Å². The van der Waals surface area contributed by atoms with Crippen LogP contribution in [0, 0.1) is 0 Å². The number of carbonyl (C=O) groups is 1. The van der Waals surface area contributed by atoms with E-state index in [0.29, 0.717) is 13.0 Å². The molecule has 0 radical (unpaired) electrons. The second-order valence-electron chi connectivity index (χ2n) is 2.99. The first-order valence-corrected chi connectivity index (χ1v) is 4.39.